The van der Waals surface area contributed by atoms with Crippen LogP contribution in [0, 0.1) is 38.8 Å². The van der Waals surface area contributed by atoms with Crippen molar-refractivity contribution in [2.24, 2.45) is 5.92 Å². The summed E-state index contributed by atoms with van der Waals surface area (Å²) in [5.41, 5.74) is 15.9. The van der Waals surface area contributed by atoms with Gasteiger partial charge in [0.05, 0.1) is 28.1 Å². The molecule has 0 unspecified atom stereocenters. The predicted octanol–water partition coefficient (Wildman–Crippen LogP) is 15.7. The van der Waals surface area contributed by atoms with Crippen LogP contribution < -0.4 is 4.40 Å². The van der Waals surface area contributed by atoms with Gasteiger partial charge in [-0.2, -0.15) is 0 Å². The molecule has 0 N–H and O–H groups in total. The van der Waals surface area contributed by atoms with Gasteiger partial charge in [0.25, 0.3) is 0 Å². The molecular formula is C61H60GeIrN4O-2. The van der Waals surface area contributed by atoms with E-state index in [9.17, 15) is 0 Å². The van der Waals surface area contributed by atoms with Crippen LogP contribution in [0.4, 0.5) is 0 Å². The number of hydrogen-bond acceptors (Lipinski definition) is 4. The first-order valence-corrected chi connectivity index (χ1v) is 31.4. The van der Waals surface area contributed by atoms with Crippen molar-refractivity contribution in [1.29, 1.82) is 0 Å². The van der Waals surface area contributed by atoms with E-state index in [1.807, 2.05) is 12.1 Å². The third kappa shape index (κ3) is 9.16. The minimum atomic E-state index is -1.87. The van der Waals surface area contributed by atoms with Crippen molar-refractivity contribution in [2.75, 3.05) is 0 Å². The average Bonchev–Trinajstić information content (AvgIpc) is 4.07. The van der Waals surface area contributed by atoms with Crippen molar-refractivity contribution in [3.05, 3.63) is 174 Å². The second-order valence-corrected chi connectivity index (χ2v) is 31.4. The molecule has 10 aromatic rings. The first-order valence-electron chi connectivity index (χ1n) is 24.0. The Balaban J connectivity index is 0.000000211. The Hall–Kier alpha value is -5.66. The van der Waals surface area contributed by atoms with E-state index in [4.69, 9.17) is 19.4 Å². The van der Waals surface area contributed by atoms with Crippen molar-refractivity contribution < 1.29 is 24.5 Å². The van der Waals surface area contributed by atoms with Gasteiger partial charge in [-0.05, 0) is 71.7 Å². The number of rotatable bonds is 7. The zero-order chi connectivity index (χ0) is 46.6. The van der Waals surface area contributed by atoms with E-state index in [0.29, 0.717) is 5.71 Å². The molecule has 0 amide bonds. The second-order valence-electron chi connectivity index (χ2n) is 20.8. The molecular weight excluding hydrogens is 1070 g/mol. The van der Waals surface area contributed by atoms with Gasteiger partial charge < -0.3 is 8.98 Å². The number of aromatic nitrogens is 4. The Kier molecular flexibility index (Phi) is 13.3. The van der Waals surface area contributed by atoms with E-state index in [2.05, 4.69) is 197 Å². The minimum absolute atomic E-state index is 0. The van der Waals surface area contributed by atoms with Crippen LogP contribution in [0.1, 0.15) is 74.3 Å². The standard InChI is InChI=1S/C41H34N3O.C20H26GeN.Ir/c1-24-10-9-11-25(2)35(24)33-23-21-31-36-26(3)14-20-32(38(36)45-40(31)43-33)39-42-34-22-15-27-12-7-8-13-30(27)37(34)44(39)29-18-16-28(17-19-29)41(4,5)6;1-21(2,3)19-15-22-20(17-11-5-4-6-12-17)14-18(19)13-16-9-7-8-10-16;/h7-19,21-23H,1-6H3;4-6,11,14-16H,7-10,13H2,1-3H3;/q2*-1;. The monoisotopic (exact) mass is 1130 g/mol. The summed E-state index contributed by atoms with van der Waals surface area (Å²) in [4.78, 5) is 15.1. The van der Waals surface area contributed by atoms with Gasteiger partial charge in [0.15, 0.2) is 0 Å². The molecule has 6 aromatic carbocycles. The Labute approximate surface area is 418 Å². The molecule has 1 radical (unpaired) electrons. The molecule has 0 aliphatic heterocycles. The summed E-state index contributed by atoms with van der Waals surface area (Å²) in [7, 11) is 0. The molecule has 0 saturated heterocycles. The first kappa shape index (κ1) is 47.4. The summed E-state index contributed by atoms with van der Waals surface area (Å²) in [5, 5.41) is 4.37. The summed E-state index contributed by atoms with van der Waals surface area (Å²) >= 11 is -1.87. The second kappa shape index (κ2) is 19.0. The fourth-order valence-corrected chi connectivity index (χ4v) is 13.7. The van der Waals surface area contributed by atoms with Gasteiger partial charge >= 0.3 is 137 Å². The van der Waals surface area contributed by atoms with Crippen LogP contribution in [0.5, 0.6) is 0 Å². The third-order valence-electron chi connectivity index (χ3n) is 13.9. The SMILES string of the molecule is Cc1cccc(C)c1-c1ccc2c(n1)oc1c(-c3nc4ccc5ccccc5c4n3-c3ccc(C(C)(C)C)cc3)[c-]cc(C)c12.[CH3][Ge]([CH3])([CH3])[c]1cnc(-c2[c-]cccc2)cc1CC1CCCC1.[Ir]. The van der Waals surface area contributed by atoms with Crippen molar-refractivity contribution in [3.63, 3.8) is 0 Å². The molecule has 1 saturated carbocycles. The topological polar surface area (TPSA) is 56.7 Å². The van der Waals surface area contributed by atoms with Crippen molar-refractivity contribution in [3.8, 4) is 39.6 Å². The van der Waals surface area contributed by atoms with Crippen LogP contribution in [-0.4, -0.2) is 32.8 Å². The van der Waals surface area contributed by atoms with Crippen LogP contribution in [0.3, 0.4) is 0 Å². The third-order valence-corrected chi connectivity index (χ3v) is 18.2. The maximum Gasteiger partial charge on any atom is 0 e. The minimum Gasteiger partial charge on any atom is 0 e. The zero-order valence-corrected chi connectivity index (χ0v) is 45.3. The number of fused-ring (bicyclic) bond motifs is 6. The quantitative estimate of drug-likeness (QED) is 0.118. The number of hydrogen-bond donors (Lipinski definition) is 0. The van der Waals surface area contributed by atoms with Gasteiger partial charge in [0, 0.05) is 42.1 Å². The van der Waals surface area contributed by atoms with E-state index in [1.165, 1.54) is 54.2 Å². The van der Waals surface area contributed by atoms with Gasteiger partial charge in [0.2, 0.25) is 5.71 Å². The Morgan fingerprint density at radius 1 is 0.735 bits per heavy atom. The smallest absolute Gasteiger partial charge is 0 e. The molecule has 11 rings (SSSR count). The molecule has 0 spiro atoms. The maximum absolute atomic E-state index is 6.70. The number of benzene rings is 6. The van der Waals surface area contributed by atoms with Crippen LogP contribution in [-0.2, 0) is 31.9 Å². The number of pyridine rings is 2. The molecule has 7 heteroatoms. The fourth-order valence-electron chi connectivity index (χ4n) is 10.3. The molecule has 1 aliphatic carbocycles. The molecule has 345 valence electrons. The average molecular weight is 1130 g/mol. The molecule has 0 bridgehead atoms. The van der Waals surface area contributed by atoms with E-state index in [-0.39, 0.29) is 25.5 Å². The summed E-state index contributed by atoms with van der Waals surface area (Å²) in [6.45, 7) is 13.1. The molecule has 4 heterocycles. The van der Waals surface area contributed by atoms with Crippen LogP contribution in [0.2, 0.25) is 17.3 Å². The van der Waals surface area contributed by atoms with Crippen molar-refractivity contribution >= 4 is 61.5 Å². The first-order chi connectivity index (χ1) is 32.2. The van der Waals surface area contributed by atoms with Gasteiger partial charge in [0.1, 0.15) is 0 Å². The van der Waals surface area contributed by atoms with Crippen LogP contribution in [0.15, 0.2) is 138 Å². The predicted molar refractivity (Wildman–Crippen MR) is 283 cm³/mol. The van der Waals surface area contributed by atoms with E-state index < -0.39 is 13.3 Å². The van der Waals surface area contributed by atoms with Crippen LogP contribution >= 0.6 is 0 Å². The van der Waals surface area contributed by atoms with E-state index >= 15 is 0 Å². The molecule has 68 heavy (non-hydrogen) atoms. The Morgan fingerprint density at radius 2 is 1.47 bits per heavy atom. The van der Waals surface area contributed by atoms with Gasteiger partial charge in [-0.15, -0.1) is 17.7 Å². The number of imidazole rings is 1. The molecule has 5 nitrogen and oxygen atoms in total. The van der Waals surface area contributed by atoms with Gasteiger partial charge in [-0.1, -0.05) is 99.3 Å². The normalized spacial score (nSPS) is 13.3. The summed E-state index contributed by atoms with van der Waals surface area (Å²) < 4.78 is 10.6. The largest absolute Gasteiger partial charge is 0 e. The molecule has 1 aliphatic rings. The summed E-state index contributed by atoms with van der Waals surface area (Å²) in [6, 6.07) is 51.7. The summed E-state index contributed by atoms with van der Waals surface area (Å²) in [5.74, 6) is 9.11. The van der Waals surface area contributed by atoms with Crippen molar-refractivity contribution in [1.82, 2.24) is 19.5 Å². The Morgan fingerprint density at radius 3 is 2.18 bits per heavy atom. The maximum atomic E-state index is 6.70. The van der Waals surface area contributed by atoms with Gasteiger partial charge in [-0.3, -0.25) is 4.98 Å². The Bertz CT molecular complexity index is 3420. The molecule has 4 aromatic heterocycles. The number of aryl methyl sites for hydroxylation is 3. The van der Waals surface area contributed by atoms with E-state index in [0.717, 1.165) is 83.8 Å². The fraction of sp³-hybridized carbons (Fsp3) is 0.262. The van der Waals surface area contributed by atoms with E-state index in [1.54, 1.807) is 9.96 Å². The molecule has 0 atom stereocenters. The number of furan rings is 1. The van der Waals surface area contributed by atoms with Crippen molar-refractivity contribution in [2.45, 2.75) is 96.3 Å². The number of nitrogens with zero attached hydrogens (tertiary/aromatic N) is 4. The molecule has 1 fully saturated rings. The van der Waals surface area contributed by atoms with Crippen LogP contribution in [0.25, 0.3) is 83.5 Å². The summed E-state index contributed by atoms with van der Waals surface area (Å²) in [6.07, 6.45) is 9.08. The zero-order valence-electron chi connectivity index (χ0n) is 40.8. The van der Waals surface area contributed by atoms with Gasteiger partial charge in [-0.25, -0.2) is 4.98 Å².